The van der Waals surface area contributed by atoms with E-state index in [2.05, 4.69) is 36.3 Å². The fourth-order valence-corrected chi connectivity index (χ4v) is 2.79. The Balaban J connectivity index is 2.40. The van der Waals surface area contributed by atoms with Crippen LogP contribution in [0.4, 0.5) is 0 Å². The number of aryl methyl sites for hydroxylation is 1. The SMILES string of the molecule is CCN(CC)CCn1cc(C(C)=O)c2cccc(C)c21. The summed E-state index contributed by atoms with van der Waals surface area (Å²) in [6.07, 6.45) is 2.02. The molecule has 0 bridgehead atoms. The lowest BCUT2D eigenvalue weighted by Crippen LogP contribution is -2.26. The van der Waals surface area contributed by atoms with Gasteiger partial charge in [-0.05, 0) is 32.5 Å². The van der Waals surface area contributed by atoms with Crippen molar-refractivity contribution in [2.24, 2.45) is 0 Å². The number of ketones is 1. The molecule has 0 fully saturated rings. The number of Topliss-reactive ketones (excluding diaryl/α,β-unsaturated/α-hetero) is 1. The van der Waals surface area contributed by atoms with E-state index in [9.17, 15) is 4.79 Å². The fourth-order valence-electron chi connectivity index (χ4n) is 2.79. The smallest absolute Gasteiger partial charge is 0.161 e. The molecule has 0 amide bonds. The second-order valence-corrected chi connectivity index (χ2v) is 5.29. The Morgan fingerprint density at radius 3 is 2.55 bits per heavy atom. The lowest BCUT2D eigenvalue weighted by Gasteiger charge is -2.18. The lowest BCUT2D eigenvalue weighted by molar-refractivity contribution is 0.101. The summed E-state index contributed by atoms with van der Waals surface area (Å²) in [5.74, 6) is 0.141. The van der Waals surface area contributed by atoms with Crippen LogP contribution >= 0.6 is 0 Å². The highest BCUT2D eigenvalue weighted by Crippen LogP contribution is 2.25. The lowest BCUT2D eigenvalue weighted by atomic mass is 10.1. The highest BCUT2D eigenvalue weighted by atomic mass is 16.1. The number of carbonyl (C=O) groups excluding carboxylic acids is 1. The van der Waals surface area contributed by atoms with Crippen LogP contribution in [0.25, 0.3) is 10.9 Å². The molecule has 1 aromatic carbocycles. The molecule has 3 heteroatoms. The number of likely N-dealkylation sites (N-methyl/N-ethyl adjacent to an activating group) is 1. The predicted octanol–water partition coefficient (Wildman–Crippen LogP) is 3.49. The van der Waals surface area contributed by atoms with Crippen molar-refractivity contribution in [1.82, 2.24) is 9.47 Å². The zero-order valence-electron chi connectivity index (χ0n) is 12.9. The van der Waals surface area contributed by atoms with Crippen LogP contribution in [0.3, 0.4) is 0 Å². The number of aromatic nitrogens is 1. The number of benzene rings is 1. The summed E-state index contributed by atoms with van der Waals surface area (Å²) < 4.78 is 2.24. The Morgan fingerprint density at radius 1 is 1.25 bits per heavy atom. The minimum Gasteiger partial charge on any atom is -0.345 e. The maximum absolute atomic E-state index is 11.8. The van der Waals surface area contributed by atoms with Crippen LogP contribution in [-0.4, -0.2) is 34.9 Å². The molecular formula is C17H24N2O. The van der Waals surface area contributed by atoms with Crippen LogP contribution in [0.15, 0.2) is 24.4 Å². The van der Waals surface area contributed by atoms with Gasteiger partial charge >= 0.3 is 0 Å². The third-order valence-corrected chi connectivity index (χ3v) is 4.03. The first kappa shape index (κ1) is 14.8. The summed E-state index contributed by atoms with van der Waals surface area (Å²) in [4.78, 5) is 14.2. The second kappa shape index (κ2) is 6.23. The van der Waals surface area contributed by atoms with E-state index in [-0.39, 0.29) is 5.78 Å². The van der Waals surface area contributed by atoms with Gasteiger partial charge in [-0.2, -0.15) is 0 Å². The van der Waals surface area contributed by atoms with Gasteiger partial charge in [0.05, 0.1) is 5.52 Å². The summed E-state index contributed by atoms with van der Waals surface area (Å²) in [5, 5.41) is 1.08. The van der Waals surface area contributed by atoms with Crippen LogP contribution in [-0.2, 0) is 6.54 Å². The monoisotopic (exact) mass is 272 g/mol. The molecule has 0 aliphatic rings. The number of fused-ring (bicyclic) bond motifs is 1. The summed E-state index contributed by atoms with van der Waals surface area (Å²) in [6.45, 7) is 12.2. The van der Waals surface area contributed by atoms with E-state index in [1.54, 1.807) is 6.92 Å². The topological polar surface area (TPSA) is 25.2 Å². The second-order valence-electron chi connectivity index (χ2n) is 5.29. The van der Waals surface area contributed by atoms with Crippen LogP contribution in [0.5, 0.6) is 0 Å². The van der Waals surface area contributed by atoms with Gasteiger partial charge < -0.3 is 9.47 Å². The molecule has 108 valence electrons. The van der Waals surface area contributed by atoms with E-state index in [1.165, 1.54) is 11.1 Å². The summed E-state index contributed by atoms with van der Waals surface area (Å²) in [7, 11) is 0. The molecule has 0 unspecified atom stereocenters. The molecule has 0 spiro atoms. The number of hydrogen-bond donors (Lipinski definition) is 0. The molecule has 0 aliphatic heterocycles. The van der Waals surface area contributed by atoms with Gasteiger partial charge in [-0.3, -0.25) is 4.79 Å². The Morgan fingerprint density at radius 2 is 1.95 bits per heavy atom. The molecule has 3 nitrogen and oxygen atoms in total. The first-order valence-electron chi connectivity index (χ1n) is 7.40. The highest BCUT2D eigenvalue weighted by Gasteiger charge is 2.13. The van der Waals surface area contributed by atoms with Crippen LogP contribution in [0.2, 0.25) is 0 Å². The van der Waals surface area contributed by atoms with Crippen molar-refractivity contribution < 1.29 is 4.79 Å². The fraction of sp³-hybridized carbons (Fsp3) is 0.471. The highest BCUT2D eigenvalue weighted by molar-refractivity contribution is 6.07. The van der Waals surface area contributed by atoms with Gasteiger partial charge in [0, 0.05) is 30.2 Å². The van der Waals surface area contributed by atoms with Crippen molar-refractivity contribution in [3.8, 4) is 0 Å². The van der Waals surface area contributed by atoms with E-state index in [0.29, 0.717) is 0 Å². The van der Waals surface area contributed by atoms with Gasteiger partial charge in [0.15, 0.2) is 5.78 Å². The molecule has 0 radical (unpaired) electrons. The molecular weight excluding hydrogens is 248 g/mol. The first-order chi connectivity index (χ1) is 9.58. The quantitative estimate of drug-likeness (QED) is 0.752. The van der Waals surface area contributed by atoms with Crippen molar-refractivity contribution in [3.63, 3.8) is 0 Å². The zero-order chi connectivity index (χ0) is 14.7. The number of nitrogens with zero attached hydrogens (tertiary/aromatic N) is 2. The third kappa shape index (κ3) is 2.78. The normalized spacial score (nSPS) is 11.4. The van der Waals surface area contributed by atoms with Crippen molar-refractivity contribution in [2.45, 2.75) is 34.2 Å². The Kier molecular flexibility index (Phi) is 4.61. The molecule has 1 aromatic heterocycles. The van der Waals surface area contributed by atoms with Crippen LogP contribution < -0.4 is 0 Å². The summed E-state index contributed by atoms with van der Waals surface area (Å²) in [6, 6.07) is 6.19. The molecule has 0 saturated heterocycles. The third-order valence-electron chi connectivity index (χ3n) is 4.03. The number of rotatable bonds is 6. The first-order valence-corrected chi connectivity index (χ1v) is 7.40. The van der Waals surface area contributed by atoms with E-state index in [4.69, 9.17) is 0 Å². The summed E-state index contributed by atoms with van der Waals surface area (Å²) in [5.41, 5.74) is 3.27. The maximum atomic E-state index is 11.8. The van der Waals surface area contributed by atoms with Gasteiger partial charge in [0.1, 0.15) is 0 Å². The molecule has 2 aromatic rings. The average molecular weight is 272 g/mol. The van der Waals surface area contributed by atoms with Gasteiger partial charge in [-0.15, -0.1) is 0 Å². The molecule has 20 heavy (non-hydrogen) atoms. The predicted molar refractivity (Wildman–Crippen MR) is 84.5 cm³/mol. The van der Waals surface area contributed by atoms with Gasteiger partial charge in [0.2, 0.25) is 0 Å². The van der Waals surface area contributed by atoms with Gasteiger partial charge in [-0.25, -0.2) is 0 Å². The molecule has 0 saturated carbocycles. The average Bonchev–Trinajstić information content (AvgIpc) is 2.80. The van der Waals surface area contributed by atoms with E-state index >= 15 is 0 Å². The van der Waals surface area contributed by atoms with E-state index in [1.807, 2.05) is 18.3 Å². The van der Waals surface area contributed by atoms with Crippen molar-refractivity contribution in [3.05, 3.63) is 35.5 Å². The molecule has 0 aliphatic carbocycles. The van der Waals surface area contributed by atoms with E-state index < -0.39 is 0 Å². The van der Waals surface area contributed by atoms with Gasteiger partial charge in [0.25, 0.3) is 0 Å². The van der Waals surface area contributed by atoms with Crippen molar-refractivity contribution in [1.29, 1.82) is 0 Å². The molecule has 0 atom stereocenters. The Hall–Kier alpha value is -1.61. The Labute approximate surface area is 121 Å². The zero-order valence-corrected chi connectivity index (χ0v) is 12.9. The van der Waals surface area contributed by atoms with Crippen molar-refractivity contribution in [2.75, 3.05) is 19.6 Å². The molecule has 1 heterocycles. The number of carbonyl (C=O) groups is 1. The standard InChI is InChI=1S/C17H24N2O/c1-5-18(6-2)10-11-19-12-16(14(4)20)15-9-7-8-13(3)17(15)19/h7-9,12H,5-6,10-11H2,1-4H3. The minimum absolute atomic E-state index is 0.141. The van der Waals surface area contributed by atoms with Crippen LogP contribution in [0, 0.1) is 6.92 Å². The van der Waals surface area contributed by atoms with Gasteiger partial charge in [-0.1, -0.05) is 32.0 Å². The number of hydrogen-bond acceptors (Lipinski definition) is 2. The van der Waals surface area contributed by atoms with Crippen LogP contribution in [0.1, 0.15) is 36.7 Å². The largest absolute Gasteiger partial charge is 0.345 e. The summed E-state index contributed by atoms with van der Waals surface area (Å²) >= 11 is 0. The van der Waals surface area contributed by atoms with Crippen molar-refractivity contribution >= 4 is 16.7 Å². The Bertz CT molecular complexity index is 609. The number of para-hydroxylation sites is 1. The maximum Gasteiger partial charge on any atom is 0.161 e. The van der Waals surface area contributed by atoms with E-state index in [0.717, 1.165) is 37.1 Å². The minimum atomic E-state index is 0.141. The molecule has 0 N–H and O–H groups in total. The molecule has 2 rings (SSSR count).